The van der Waals surface area contributed by atoms with Crippen molar-refractivity contribution >= 4 is 23.6 Å². The number of rotatable bonds is 5. The Morgan fingerprint density at radius 1 is 1.60 bits per heavy atom. The van der Waals surface area contributed by atoms with Crippen LogP contribution in [0.2, 0.25) is 0 Å². The van der Waals surface area contributed by atoms with E-state index in [4.69, 9.17) is 11.6 Å². The van der Waals surface area contributed by atoms with Crippen LogP contribution in [0, 0.1) is 4.91 Å². The summed E-state index contributed by atoms with van der Waals surface area (Å²) in [5.41, 5.74) is 0. The number of hydrogen-bond donors (Lipinski definition) is 1. The first-order valence-corrected chi connectivity index (χ1v) is 4.65. The summed E-state index contributed by atoms with van der Waals surface area (Å²) in [5, 5.41) is 5.27. The molecule has 1 atom stereocenters. The Balaban J connectivity index is 4.21. The largest absolute Gasteiger partial charge is 0.467 e. The molecule has 0 heterocycles. The van der Waals surface area contributed by atoms with Crippen molar-refractivity contribution in [3.05, 3.63) is 4.91 Å². The molecule has 86 valence electrons. The van der Waals surface area contributed by atoms with Crippen molar-refractivity contribution in [2.24, 2.45) is 5.29 Å². The molecule has 0 aromatic rings. The highest BCUT2D eigenvalue weighted by Gasteiger charge is 2.20. The van der Waals surface area contributed by atoms with Gasteiger partial charge in [-0.2, -0.15) is 5.01 Å². The summed E-state index contributed by atoms with van der Waals surface area (Å²) in [5.74, 6) is -0.536. The van der Waals surface area contributed by atoms with E-state index in [1.165, 1.54) is 14.0 Å². The number of ether oxygens (including phenoxy) is 1. The molecule has 0 fully saturated rings. The lowest BCUT2D eigenvalue weighted by molar-refractivity contribution is -0.142. The molecule has 0 aliphatic carbocycles. The molecule has 0 saturated carbocycles. The van der Waals surface area contributed by atoms with Gasteiger partial charge in [0.15, 0.2) is 0 Å². The smallest absolute Gasteiger partial charge is 0.341 e. The van der Waals surface area contributed by atoms with Crippen LogP contribution < -0.4 is 5.32 Å². The van der Waals surface area contributed by atoms with Crippen molar-refractivity contribution < 1.29 is 14.3 Å². The van der Waals surface area contributed by atoms with Gasteiger partial charge in [0.25, 0.3) is 0 Å². The van der Waals surface area contributed by atoms with Gasteiger partial charge in [-0.3, -0.25) is 0 Å². The van der Waals surface area contributed by atoms with E-state index < -0.39 is 18.0 Å². The van der Waals surface area contributed by atoms with Gasteiger partial charge in [0.2, 0.25) is 0 Å². The molecule has 1 N–H and O–H groups in total. The van der Waals surface area contributed by atoms with E-state index in [1.54, 1.807) is 0 Å². The zero-order chi connectivity index (χ0) is 11.8. The predicted octanol–water partition coefficient (Wildman–Crippen LogP) is 0.480. The van der Waals surface area contributed by atoms with Crippen LogP contribution in [0.1, 0.15) is 6.92 Å². The first-order chi connectivity index (χ1) is 7.06. The van der Waals surface area contributed by atoms with Crippen LogP contribution in [0.15, 0.2) is 5.29 Å². The van der Waals surface area contributed by atoms with Crippen molar-refractivity contribution in [2.75, 3.05) is 19.5 Å². The summed E-state index contributed by atoms with van der Waals surface area (Å²) in [7, 11) is 1.19. The van der Waals surface area contributed by atoms with Gasteiger partial charge < -0.3 is 10.1 Å². The number of halogens is 1. The predicted molar refractivity (Wildman–Crippen MR) is 53.2 cm³/mol. The normalized spacial score (nSPS) is 11.4. The summed E-state index contributed by atoms with van der Waals surface area (Å²) in [4.78, 5) is 32.4. The average molecular weight is 238 g/mol. The van der Waals surface area contributed by atoms with E-state index in [1.807, 2.05) is 0 Å². The quantitative estimate of drug-likeness (QED) is 0.326. The number of amides is 2. The van der Waals surface area contributed by atoms with Crippen LogP contribution in [0.4, 0.5) is 4.79 Å². The zero-order valence-corrected chi connectivity index (χ0v) is 9.15. The number of methoxy groups -OCH3 is 1. The van der Waals surface area contributed by atoms with Gasteiger partial charge in [-0.1, -0.05) is 0 Å². The number of carbonyl (C=O) groups excluding carboxylic acids is 2. The molecular weight excluding hydrogens is 226 g/mol. The molecule has 8 heteroatoms. The molecule has 0 spiro atoms. The maximum absolute atomic E-state index is 11.2. The molecular formula is C7H12ClN3O4. The van der Waals surface area contributed by atoms with Gasteiger partial charge in [0.1, 0.15) is 6.04 Å². The molecule has 0 aromatic heterocycles. The minimum absolute atomic E-state index is 0.0230. The molecule has 0 aromatic carbocycles. The fourth-order valence-corrected chi connectivity index (χ4v) is 0.915. The van der Waals surface area contributed by atoms with Crippen molar-refractivity contribution in [1.29, 1.82) is 0 Å². The molecule has 15 heavy (non-hydrogen) atoms. The SMILES string of the molecule is COC(=O)C(C)NC(=O)N(CCCl)N=O. The van der Waals surface area contributed by atoms with E-state index in [9.17, 15) is 14.5 Å². The number of urea groups is 1. The number of carbonyl (C=O) groups is 2. The van der Waals surface area contributed by atoms with Crippen molar-refractivity contribution in [1.82, 2.24) is 10.3 Å². The number of nitroso groups, excluding NO2 is 1. The number of nitrogens with zero attached hydrogens (tertiary/aromatic N) is 2. The van der Waals surface area contributed by atoms with Gasteiger partial charge in [-0.25, -0.2) is 9.59 Å². The van der Waals surface area contributed by atoms with Gasteiger partial charge in [-0.15, -0.1) is 16.5 Å². The second kappa shape index (κ2) is 6.99. The van der Waals surface area contributed by atoms with Crippen LogP contribution >= 0.6 is 11.6 Å². The van der Waals surface area contributed by atoms with Crippen molar-refractivity contribution in [3.63, 3.8) is 0 Å². The van der Waals surface area contributed by atoms with Crippen molar-refractivity contribution in [2.45, 2.75) is 13.0 Å². The second-order valence-corrected chi connectivity index (χ2v) is 2.97. The monoisotopic (exact) mass is 237 g/mol. The fourth-order valence-electron chi connectivity index (χ4n) is 0.755. The lowest BCUT2D eigenvalue weighted by Crippen LogP contribution is -2.45. The summed E-state index contributed by atoms with van der Waals surface area (Å²) in [6, 6.07) is -1.63. The first kappa shape index (κ1) is 13.6. The third kappa shape index (κ3) is 4.59. The molecule has 0 aliphatic rings. The maximum atomic E-state index is 11.2. The maximum Gasteiger partial charge on any atom is 0.341 e. The van der Waals surface area contributed by atoms with E-state index in [2.05, 4.69) is 15.3 Å². The minimum Gasteiger partial charge on any atom is -0.467 e. The zero-order valence-electron chi connectivity index (χ0n) is 8.40. The van der Waals surface area contributed by atoms with Crippen molar-refractivity contribution in [3.8, 4) is 0 Å². The lowest BCUT2D eigenvalue weighted by atomic mass is 10.3. The summed E-state index contributed by atoms with van der Waals surface area (Å²) in [6.07, 6.45) is 0. The Hall–Kier alpha value is -1.37. The van der Waals surface area contributed by atoms with Crippen LogP contribution in [0.5, 0.6) is 0 Å². The highest BCUT2D eigenvalue weighted by molar-refractivity contribution is 6.18. The molecule has 0 rings (SSSR count). The van der Waals surface area contributed by atoms with Crippen LogP contribution in [0.25, 0.3) is 0 Å². The van der Waals surface area contributed by atoms with E-state index >= 15 is 0 Å². The highest BCUT2D eigenvalue weighted by atomic mass is 35.5. The highest BCUT2D eigenvalue weighted by Crippen LogP contribution is 1.94. The van der Waals surface area contributed by atoms with Gasteiger partial charge in [-0.05, 0) is 6.92 Å². The van der Waals surface area contributed by atoms with Gasteiger partial charge >= 0.3 is 12.0 Å². The van der Waals surface area contributed by atoms with Crippen LogP contribution in [0.3, 0.4) is 0 Å². The third-order valence-electron chi connectivity index (χ3n) is 1.52. The number of esters is 1. The number of alkyl halides is 1. The summed E-state index contributed by atoms with van der Waals surface area (Å²) in [6.45, 7) is 1.40. The second-order valence-electron chi connectivity index (χ2n) is 2.59. The summed E-state index contributed by atoms with van der Waals surface area (Å²) >= 11 is 5.33. The van der Waals surface area contributed by atoms with Gasteiger partial charge in [0.05, 0.1) is 18.9 Å². The number of nitrogens with one attached hydrogen (secondary N) is 1. The Bertz CT molecular complexity index is 248. The first-order valence-electron chi connectivity index (χ1n) is 4.11. The van der Waals surface area contributed by atoms with Crippen LogP contribution in [-0.4, -0.2) is 42.6 Å². The Morgan fingerprint density at radius 3 is 2.60 bits per heavy atom. The molecule has 2 amide bonds. The third-order valence-corrected chi connectivity index (χ3v) is 1.69. The fraction of sp³-hybridized carbons (Fsp3) is 0.714. The molecule has 0 saturated heterocycles. The topological polar surface area (TPSA) is 88.1 Å². The molecule has 0 aliphatic heterocycles. The Kier molecular flexibility index (Phi) is 6.35. The number of hydrogen-bond acceptors (Lipinski definition) is 5. The van der Waals surface area contributed by atoms with Crippen LogP contribution in [-0.2, 0) is 9.53 Å². The lowest BCUT2D eigenvalue weighted by Gasteiger charge is -2.16. The van der Waals surface area contributed by atoms with Gasteiger partial charge in [0, 0.05) is 5.88 Å². The standard InChI is InChI=1S/C7H12ClN3O4/c1-5(6(12)15-2)9-7(13)11(10-14)4-3-8/h5H,3-4H2,1-2H3,(H,9,13). The minimum atomic E-state index is -0.845. The molecule has 0 radical (unpaired) electrons. The molecule has 7 nitrogen and oxygen atoms in total. The molecule has 1 unspecified atom stereocenters. The molecule has 0 bridgehead atoms. The average Bonchev–Trinajstić information content (AvgIpc) is 2.24. The summed E-state index contributed by atoms with van der Waals surface area (Å²) < 4.78 is 4.38. The van der Waals surface area contributed by atoms with E-state index in [0.29, 0.717) is 5.01 Å². The van der Waals surface area contributed by atoms with E-state index in [-0.39, 0.29) is 12.4 Å². The Morgan fingerprint density at radius 2 is 2.20 bits per heavy atom. The Labute approximate surface area is 91.6 Å². The van der Waals surface area contributed by atoms with E-state index in [0.717, 1.165) is 0 Å².